The molecule has 0 bridgehead atoms. The van der Waals surface area contributed by atoms with Gasteiger partial charge < -0.3 is 20.9 Å². The van der Waals surface area contributed by atoms with Crippen molar-refractivity contribution in [2.24, 2.45) is 32.7 Å². The average Bonchev–Trinajstić information content (AvgIpc) is 3.34. The Hall–Kier alpha value is -6.43. The number of benzene rings is 2. The zero-order valence-electron chi connectivity index (χ0n) is 31.0. The number of rotatable bonds is 7. The van der Waals surface area contributed by atoms with E-state index in [0.717, 1.165) is 40.2 Å². The quantitative estimate of drug-likeness (QED) is 0.260. The minimum Gasteiger partial charge on any atom is -0.325 e. The number of fused-ring (bicyclic) bond motifs is 2. The Bertz CT molecular complexity index is 2230. The second kappa shape index (κ2) is 15.1. The van der Waals surface area contributed by atoms with Crippen LogP contribution < -0.4 is 20.9 Å². The molecule has 12 nitrogen and oxygen atoms in total. The summed E-state index contributed by atoms with van der Waals surface area (Å²) in [6, 6.07) is 18.5. The van der Waals surface area contributed by atoms with Gasteiger partial charge in [0.15, 0.2) is 0 Å². The van der Waals surface area contributed by atoms with Crippen molar-refractivity contribution in [3.05, 3.63) is 131 Å². The lowest BCUT2D eigenvalue weighted by Crippen LogP contribution is -2.58. The van der Waals surface area contributed by atoms with Crippen molar-refractivity contribution in [1.82, 2.24) is 15.2 Å². The van der Waals surface area contributed by atoms with E-state index in [4.69, 9.17) is 9.98 Å². The van der Waals surface area contributed by atoms with Crippen LogP contribution in [0.5, 0.6) is 0 Å². The lowest BCUT2D eigenvalue weighted by Gasteiger charge is -2.43. The fourth-order valence-electron chi connectivity index (χ4n) is 7.56. The Kier molecular flexibility index (Phi) is 9.79. The van der Waals surface area contributed by atoms with Gasteiger partial charge in [-0.3, -0.25) is 24.5 Å². The Morgan fingerprint density at radius 1 is 0.982 bits per heavy atom. The average molecular weight is 734 g/mol. The number of hydrogen-bond donors (Lipinski definition) is 3. The van der Waals surface area contributed by atoms with Gasteiger partial charge in [0.05, 0.1) is 35.1 Å². The van der Waals surface area contributed by atoms with E-state index in [1.165, 1.54) is 0 Å². The summed E-state index contributed by atoms with van der Waals surface area (Å²) in [7, 11) is 1.74. The number of nitrogens with zero attached hydrogens (tertiary/aromatic N) is 6. The minimum atomic E-state index is -0.574. The number of urea groups is 1. The van der Waals surface area contributed by atoms with Crippen molar-refractivity contribution in [1.29, 1.82) is 0 Å². The van der Waals surface area contributed by atoms with Gasteiger partial charge in [0.25, 0.3) is 0 Å². The van der Waals surface area contributed by atoms with Crippen LogP contribution in [0.4, 0.5) is 21.9 Å². The summed E-state index contributed by atoms with van der Waals surface area (Å²) < 4.78 is 0. The van der Waals surface area contributed by atoms with E-state index in [2.05, 4.69) is 38.1 Å². The van der Waals surface area contributed by atoms with E-state index in [1.807, 2.05) is 105 Å². The van der Waals surface area contributed by atoms with Gasteiger partial charge in [-0.2, -0.15) is 0 Å². The van der Waals surface area contributed by atoms with E-state index < -0.39 is 18.1 Å². The molecule has 2 aromatic carbocycles. The standard InChI is InChI=1S/C43H43N9O3/c1-26-14-17-32(22-37(26)52-25-31-23-45-42(50-39(31)51(3)43(52)55)47-33-18-15-27(2)44-24-33)46-40(53)30-16-19-34-35(21-30)49-41(54)36(20-28-10-6-4-7-11-28)48-38(34)29-12-8-5-9-13-29/h4-10,12-15,17-19,21-24,28,30-31,36,39H,11,16,20,25H2,1-3H3,(H,46,53)(H,47,50)(H,49,54)/t28?,30?,31?,36-,39?/m1/s1. The maximum atomic E-state index is 13.9. The number of guanidine groups is 1. The second-order valence-corrected chi connectivity index (χ2v) is 14.5. The molecular formula is C43H43N9O3. The number of hydrogen-bond acceptors (Lipinski definition) is 8. The molecular weight excluding hydrogens is 691 g/mol. The van der Waals surface area contributed by atoms with Crippen LogP contribution in [-0.2, 0) is 9.59 Å². The van der Waals surface area contributed by atoms with Crippen molar-refractivity contribution in [3.63, 3.8) is 0 Å². The van der Waals surface area contributed by atoms with Crippen LogP contribution in [0.15, 0.2) is 130 Å². The number of anilines is 3. The van der Waals surface area contributed by atoms with Crippen LogP contribution in [0.3, 0.4) is 0 Å². The molecule has 4 unspecified atom stereocenters. The number of aliphatic imine (C=N–C) groups is 3. The Morgan fingerprint density at radius 3 is 2.60 bits per heavy atom. The molecule has 278 valence electrons. The van der Waals surface area contributed by atoms with Crippen LogP contribution in [0.25, 0.3) is 0 Å². The molecule has 0 saturated carbocycles. The van der Waals surface area contributed by atoms with E-state index in [0.29, 0.717) is 42.4 Å². The molecule has 4 amide bonds. The first-order valence-corrected chi connectivity index (χ1v) is 18.7. The molecule has 55 heavy (non-hydrogen) atoms. The van der Waals surface area contributed by atoms with Crippen LogP contribution in [-0.4, -0.2) is 71.4 Å². The highest BCUT2D eigenvalue weighted by Gasteiger charge is 2.40. The maximum absolute atomic E-state index is 13.9. The first-order valence-electron chi connectivity index (χ1n) is 18.7. The van der Waals surface area contributed by atoms with Crippen molar-refractivity contribution in [2.75, 3.05) is 29.1 Å². The Balaban J connectivity index is 0.979. The lowest BCUT2D eigenvalue weighted by atomic mass is 9.89. The first kappa shape index (κ1) is 35.6. The van der Waals surface area contributed by atoms with Crippen molar-refractivity contribution < 1.29 is 14.4 Å². The molecule has 1 aromatic heterocycles. The summed E-state index contributed by atoms with van der Waals surface area (Å²) >= 11 is 0. The smallest absolute Gasteiger partial charge is 0.325 e. The molecule has 3 aliphatic heterocycles. The molecule has 5 atom stereocenters. The van der Waals surface area contributed by atoms with Gasteiger partial charge >= 0.3 is 6.03 Å². The highest BCUT2D eigenvalue weighted by atomic mass is 16.2. The molecule has 0 radical (unpaired) electrons. The molecule has 5 aliphatic rings. The van der Waals surface area contributed by atoms with E-state index >= 15 is 0 Å². The van der Waals surface area contributed by atoms with Crippen LogP contribution in [0.1, 0.15) is 36.1 Å². The molecule has 8 rings (SSSR count). The number of nitrogens with one attached hydrogen (secondary N) is 3. The van der Waals surface area contributed by atoms with Crippen molar-refractivity contribution in [2.45, 2.75) is 45.3 Å². The third-order valence-electron chi connectivity index (χ3n) is 10.6. The molecule has 3 N–H and O–H groups in total. The highest BCUT2D eigenvalue weighted by molar-refractivity contribution is 6.17. The molecule has 4 heterocycles. The molecule has 2 aliphatic carbocycles. The molecule has 1 fully saturated rings. The van der Waals surface area contributed by atoms with E-state index in [9.17, 15) is 14.4 Å². The summed E-state index contributed by atoms with van der Waals surface area (Å²) in [5.74, 6) is -0.454. The number of aryl methyl sites for hydroxylation is 2. The molecule has 1 saturated heterocycles. The zero-order valence-corrected chi connectivity index (χ0v) is 31.0. The lowest BCUT2D eigenvalue weighted by molar-refractivity contribution is -0.122. The van der Waals surface area contributed by atoms with E-state index in [1.54, 1.807) is 23.0 Å². The van der Waals surface area contributed by atoms with Gasteiger partial charge in [-0.1, -0.05) is 66.8 Å². The second-order valence-electron chi connectivity index (χ2n) is 14.5. The monoisotopic (exact) mass is 733 g/mol. The number of allylic oxidation sites excluding steroid dienone is 6. The Labute approximate surface area is 320 Å². The van der Waals surface area contributed by atoms with E-state index in [-0.39, 0.29) is 29.7 Å². The summed E-state index contributed by atoms with van der Waals surface area (Å²) in [6.07, 6.45) is 17.2. The summed E-state index contributed by atoms with van der Waals surface area (Å²) in [6.45, 7) is 4.24. The number of aromatic nitrogens is 1. The van der Waals surface area contributed by atoms with Gasteiger partial charge in [-0.05, 0) is 74.9 Å². The first-order chi connectivity index (χ1) is 26.7. The van der Waals surface area contributed by atoms with Gasteiger partial charge in [0, 0.05) is 48.0 Å². The zero-order chi connectivity index (χ0) is 38.1. The summed E-state index contributed by atoms with van der Waals surface area (Å²) in [4.78, 5) is 63.4. The van der Waals surface area contributed by atoms with Crippen molar-refractivity contribution >= 4 is 52.8 Å². The van der Waals surface area contributed by atoms with Crippen LogP contribution in [0.2, 0.25) is 0 Å². The largest absolute Gasteiger partial charge is 0.325 e. The minimum absolute atomic E-state index is 0.147. The predicted molar refractivity (Wildman–Crippen MR) is 216 cm³/mol. The number of amides is 4. The predicted octanol–water partition coefficient (Wildman–Crippen LogP) is 6.34. The maximum Gasteiger partial charge on any atom is 0.325 e. The number of pyridine rings is 1. The molecule has 0 spiro atoms. The van der Waals surface area contributed by atoms with Gasteiger partial charge in [-0.15, -0.1) is 0 Å². The fraction of sp³-hybridized carbons (Fsp3) is 0.279. The van der Waals surface area contributed by atoms with Gasteiger partial charge in [0.2, 0.25) is 17.8 Å². The molecule has 3 aromatic rings. The van der Waals surface area contributed by atoms with Crippen LogP contribution in [0, 0.1) is 31.6 Å². The third kappa shape index (κ3) is 7.53. The SMILES string of the molecule is Cc1ccc(NC2=NC3C(C=N2)CN(c2cc(NC(=O)C4C=C5NC(=O)[C@@H](CC6C=CC=CC6)N=C(c6ccccc6)C5=CC4)ccc2C)C(=O)N3C)cn1. The molecule has 12 heteroatoms. The summed E-state index contributed by atoms with van der Waals surface area (Å²) in [5, 5.41) is 9.38. The van der Waals surface area contributed by atoms with Gasteiger partial charge in [0.1, 0.15) is 12.2 Å². The normalized spacial score (nSPS) is 24.4. The topological polar surface area (TPSA) is 144 Å². The number of carbonyl (C=O) groups is 3. The number of carbonyl (C=O) groups excluding carboxylic acids is 3. The van der Waals surface area contributed by atoms with Gasteiger partial charge in [-0.25, -0.2) is 14.8 Å². The summed E-state index contributed by atoms with van der Waals surface area (Å²) in [5.41, 5.74) is 6.89. The third-order valence-corrected chi connectivity index (χ3v) is 10.6. The van der Waals surface area contributed by atoms with Crippen LogP contribution >= 0.6 is 0 Å². The van der Waals surface area contributed by atoms with Crippen molar-refractivity contribution in [3.8, 4) is 0 Å². The Morgan fingerprint density at radius 2 is 1.82 bits per heavy atom. The highest BCUT2D eigenvalue weighted by Crippen LogP contribution is 2.34. The fourth-order valence-corrected chi connectivity index (χ4v) is 7.56.